The van der Waals surface area contributed by atoms with E-state index in [0.29, 0.717) is 0 Å². The van der Waals surface area contributed by atoms with Crippen molar-refractivity contribution in [2.75, 3.05) is 5.75 Å². The maximum atomic E-state index is 4.00. The number of hydrogen-bond donors (Lipinski definition) is 2. The highest BCUT2D eigenvalue weighted by molar-refractivity contribution is 7.80. The van der Waals surface area contributed by atoms with E-state index in [-0.39, 0.29) is 0 Å². The van der Waals surface area contributed by atoms with Gasteiger partial charge in [-0.2, -0.15) is 12.6 Å². The van der Waals surface area contributed by atoms with Crippen LogP contribution in [0.2, 0.25) is 0 Å². The molecule has 0 fully saturated rings. The lowest BCUT2D eigenvalue weighted by atomic mass is 10.5. The Bertz CT molecular complexity index is 179. The van der Waals surface area contributed by atoms with Crippen molar-refractivity contribution in [3.05, 3.63) is 24.3 Å². The zero-order valence-corrected chi connectivity index (χ0v) is 5.81. The molecule has 0 aliphatic rings. The van der Waals surface area contributed by atoms with Crippen LogP contribution < -0.4 is 0 Å². The predicted octanol–water partition coefficient (Wildman–Crippen LogP) is 1.35. The number of nitrogens with zero attached hydrogens (tertiary/aromatic N) is 1. The SMILES string of the molecule is SCC=Cc1ncc[nH]1. The monoisotopic (exact) mass is 140 g/mol. The minimum Gasteiger partial charge on any atom is -0.345 e. The second-order valence-corrected chi connectivity index (χ2v) is 1.92. The van der Waals surface area contributed by atoms with Crippen molar-refractivity contribution < 1.29 is 0 Å². The molecule has 1 heterocycles. The molecular formula is C6H8N2S. The van der Waals surface area contributed by atoms with Crippen LogP contribution in [0.3, 0.4) is 0 Å². The fourth-order valence-corrected chi connectivity index (χ4v) is 0.638. The number of nitrogens with one attached hydrogen (secondary N) is 1. The number of hydrogen-bond acceptors (Lipinski definition) is 2. The first kappa shape index (κ1) is 6.42. The Kier molecular flexibility index (Phi) is 2.39. The summed E-state index contributed by atoms with van der Waals surface area (Å²) in [6, 6.07) is 0. The maximum Gasteiger partial charge on any atom is 0.129 e. The average Bonchev–Trinajstić information content (AvgIpc) is 2.34. The lowest BCUT2D eigenvalue weighted by Crippen LogP contribution is -1.72. The molecule has 9 heavy (non-hydrogen) atoms. The largest absolute Gasteiger partial charge is 0.345 e. The fraction of sp³-hybridized carbons (Fsp3) is 0.167. The molecule has 0 amide bonds. The van der Waals surface area contributed by atoms with Crippen LogP contribution in [-0.4, -0.2) is 15.7 Å². The summed E-state index contributed by atoms with van der Waals surface area (Å²) in [4.78, 5) is 6.92. The third-order valence-electron chi connectivity index (χ3n) is 0.901. The molecule has 0 unspecified atom stereocenters. The van der Waals surface area contributed by atoms with Gasteiger partial charge in [0.15, 0.2) is 0 Å². The summed E-state index contributed by atoms with van der Waals surface area (Å²) >= 11 is 4.00. The molecule has 0 saturated carbocycles. The minimum atomic E-state index is 0.751. The third kappa shape index (κ3) is 1.93. The Morgan fingerprint density at radius 2 is 2.67 bits per heavy atom. The number of aromatic amines is 1. The van der Waals surface area contributed by atoms with Gasteiger partial charge >= 0.3 is 0 Å². The Morgan fingerprint density at radius 1 is 1.78 bits per heavy atom. The van der Waals surface area contributed by atoms with Gasteiger partial charge in [0.25, 0.3) is 0 Å². The van der Waals surface area contributed by atoms with E-state index in [1.807, 2.05) is 12.2 Å². The van der Waals surface area contributed by atoms with E-state index in [4.69, 9.17) is 0 Å². The lowest BCUT2D eigenvalue weighted by Gasteiger charge is -1.79. The molecule has 1 rings (SSSR count). The predicted molar refractivity (Wildman–Crippen MR) is 41.5 cm³/mol. The Balaban J connectivity index is 2.57. The van der Waals surface area contributed by atoms with Gasteiger partial charge in [0.1, 0.15) is 5.82 Å². The summed E-state index contributed by atoms with van der Waals surface area (Å²) in [6.45, 7) is 0. The maximum absolute atomic E-state index is 4.00. The Hall–Kier alpha value is -0.700. The fourth-order valence-electron chi connectivity index (χ4n) is 0.533. The molecule has 0 aliphatic carbocycles. The van der Waals surface area contributed by atoms with Crippen molar-refractivity contribution >= 4 is 18.7 Å². The zero-order chi connectivity index (χ0) is 6.53. The molecule has 0 radical (unpaired) electrons. The number of thiol groups is 1. The van der Waals surface area contributed by atoms with Gasteiger partial charge in [-0.05, 0) is 6.08 Å². The van der Waals surface area contributed by atoms with E-state index in [0.717, 1.165) is 11.6 Å². The van der Waals surface area contributed by atoms with E-state index in [1.54, 1.807) is 12.4 Å². The number of rotatable bonds is 2. The molecule has 1 aromatic heterocycles. The van der Waals surface area contributed by atoms with Gasteiger partial charge in [0.05, 0.1) is 0 Å². The molecule has 0 bridgehead atoms. The van der Waals surface area contributed by atoms with Crippen molar-refractivity contribution in [1.82, 2.24) is 9.97 Å². The smallest absolute Gasteiger partial charge is 0.129 e. The van der Waals surface area contributed by atoms with Crippen LogP contribution in [-0.2, 0) is 0 Å². The van der Waals surface area contributed by atoms with Crippen molar-refractivity contribution in [2.24, 2.45) is 0 Å². The van der Waals surface area contributed by atoms with Crippen LogP contribution in [0.25, 0.3) is 6.08 Å². The van der Waals surface area contributed by atoms with Crippen molar-refractivity contribution in [2.45, 2.75) is 0 Å². The molecular weight excluding hydrogens is 132 g/mol. The molecule has 1 aromatic rings. The molecule has 3 heteroatoms. The summed E-state index contributed by atoms with van der Waals surface area (Å²) in [5.41, 5.74) is 0. The summed E-state index contributed by atoms with van der Waals surface area (Å²) in [5, 5.41) is 0. The van der Waals surface area contributed by atoms with Gasteiger partial charge in [0, 0.05) is 18.1 Å². The molecule has 0 atom stereocenters. The molecule has 0 aliphatic heterocycles. The van der Waals surface area contributed by atoms with Gasteiger partial charge < -0.3 is 4.98 Å². The van der Waals surface area contributed by atoms with Crippen LogP contribution in [0.5, 0.6) is 0 Å². The quantitative estimate of drug-likeness (QED) is 0.596. The second kappa shape index (κ2) is 3.35. The molecule has 0 saturated heterocycles. The first-order valence-electron chi connectivity index (χ1n) is 2.70. The van der Waals surface area contributed by atoms with Crippen molar-refractivity contribution in [1.29, 1.82) is 0 Å². The van der Waals surface area contributed by atoms with Crippen LogP contribution in [0, 0.1) is 0 Å². The minimum absolute atomic E-state index is 0.751. The zero-order valence-electron chi connectivity index (χ0n) is 4.91. The Morgan fingerprint density at radius 3 is 3.22 bits per heavy atom. The van der Waals surface area contributed by atoms with Gasteiger partial charge in [-0.1, -0.05) is 6.08 Å². The number of H-pyrrole nitrogens is 1. The number of imidazole rings is 1. The van der Waals surface area contributed by atoms with Crippen LogP contribution in [0.4, 0.5) is 0 Å². The molecule has 0 spiro atoms. The van der Waals surface area contributed by atoms with E-state index in [1.165, 1.54) is 0 Å². The molecule has 2 nitrogen and oxygen atoms in total. The van der Waals surface area contributed by atoms with Gasteiger partial charge in [-0.15, -0.1) is 0 Å². The summed E-state index contributed by atoms with van der Waals surface area (Å²) in [7, 11) is 0. The summed E-state index contributed by atoms with van der Waals surface area (Å²) in [6.07, 6.45) is 7.34. The highest BCUT2D eigenvalue weighted by atomic mass is 32.1. The van der Waals surface area contributed by atoms with E-state index in [2.05, 4.69) is 22.6 Å². The van der Waals surface area contributed by atoms with Gasteiger partial charge in [-0.25, -0.2) is 4.98 Å². The first-order chi connectivity index (χ1) is 4.43. The summed E-state index contributed by atoms with van der Waals surface area (Å²) < 4.78 is 0. The molecule has 48 valence electrons. The topological polar surface area (TPSA) is 28.7 Å². The molecule has 1 N–H and O–H groups in total. The van der Waals surface area contributed by atoms with Crippen molar-refractivity contribution in [3.63, 3.8) is 0 Å². The number of aromatic nitrogens is 2. The highest BCUT2D eigenvalue weighted by Crippen LogP contribution is 1.91. The third-order valence-corrected chi connectivity index (χ3v) is 1.11. The normalized spacial score (nSPS) is 10.8. The van der Waals surface area contributed by atoms with Crippen LogP contribution in [0.15, 0.2) is 18.5 Å². The molecule has 0 aromatic carbocycles. The van der Waals surface area contributed by atoms with Crippen LogP contribution in [0.1, 0.15) is 5.82 Å². The Labute approximate surface area is 59.4 Å². The highest BCUT2D eigenvalue weighted by Gasteiger charge is 1.81. The average molecular weight is 140 g/mol. The second-order valence-electron chi connectivity index (χ2n) is 1.56. The van der Waals surface area contributed by atoms with Gasteiger partial charge in [0.2, 0.25) is 0 Å². The summed E-state index contributed by atoms with van der Waals surface area (Å²) in [5.74, 6) is 1.63. The first-order valence-corrected chi connectivity index (χ1v) is 3.33. The van der Waals surface area contributed by atoms with E-state index < -0.39 is 0 Å². The van der Waals surface area contributed by atoms with E-state index in [9.17, 15) is 0 Å². The van der Waals surface area contributed by atoms with E-state index >= 15 is 0 Å². The van der Waals surface area contributed by atoms with Gasteiger partial charge in [-0.3, -0.25) is 0 Å². The van der Waals surface area contributed by atoms with Crippen molar-refractivity contribution in [3.8, 4) is 0 Å². The lowest BCUT2D eigenvalue weighted by molar-refractivity contribution is 1.26. The standard InChI is InChI=1S/C6H8N2S/c9-5-1-2-6-7-3-4-8-6/h1-4,9H,5H2,(H,7,8). The van der Waals surface area contributed by atoms with Crippen LogP contribution >= 0.6 is 12.6 Å².